The van der Waals surface area contributed by atoms with E-state index in [2.05, 4.69) is 21.2 Å². The number of hydrazine groups is 1. The molecule has 0 aromatic carbocycles. The molecule has 5 heteroatoms. The Hall–Kier alpha value is -1.33. The van der Waals surface area contributed by atoms with Gasteiger partial charge in [-0.3, -0.25) is 15.6 Å². The van der Waals surface area contributed by atoms with Crippen LogP contribution in [-0.2, 0) is 0 Å². The molecule has 1 aliphatic heterocycles. The fourth-order valence-corrected chi connectivity index (χ4v) is 1.47. The highest BCUT2D eigenvalue weighted by atomic mass is 16.1. The minimum absolute atomic E-state index is 0.0521. The molecule has 0 aliphatic carbocycles. The molecule has 0 radical (unpaired) electrons. The Kier molecular flexibility index (Phi) is 2.81. The summed E-state index contributed by atoms with van der Waals surface area (Å²) in [6.07, 6.45) is 2.79. The maximum Gasteiger partial charge on any atom is 0.267 e. The van der Waals surface area contributed by atoms with Crippen LogP contribution in [0.15, 0.2) is 18.3 Å². The number of hydrogen-bond donors (Lipinski definition) is 4. The summed E-state index contributed by atoms with van der Waals surface area (Å²) in [4.78, 5) is 14.3. The second kappa shape index (κ2) is 4.26. The lowest BCUT2D eigenvalue weighted by Crippen LogP contribution is -2.40. The third kappa shape index (κ3) is 2.12. The zero-order valence-electron chi connectivity index (χ0n) is 7.84. The number of nitrogens with one attached hydrogen (secondary N) is 4. The van der Waals surface area contributed by atoms with Crippen molar-refractivity contribution in [2.75, 3.05) is 13.1 Å². The average Bonchev–Trinajstić information content (AvgIpc) is 2.87. The van der Waals surface area contributed by atoms with Crippen LogP contribution in [0.4, 0.5) is 0 Å². The minimum Gasteiger partial charge on any atom is -0.357 e. The van der Waals surface area contributed by atoms with Crippen molar-refractivity contribution in [1.82, 2.24) is 21.2 Å². The summed E-state index contributed by atoms with van der Waals surface area (Å²) in [5.74, 6) is -0.0521. The van der Waals surface area contributed by atoms with E-state index in [0.717, 1.165) is 13.0 Å². The van der Waals surface area contributed by atoms with Crippen molar-refractivity contribution in [3.8, 4) is 0 Å². The van der Waals surface area contributed by atoms with Crippen molar-refractivity contribution in [3.63, 3.8) is 0 Å². The summed E-state index contributed by atoms with van der Waals surface area (Å²) in [5.41, 5.74) is 6.71. The van der Waals surface area contributed by atoms with Gasteiger partial charge >= 0.3 is 0 Å². The normalized spacial score (nSPS) is 21.0. The molecule has 0 bridgehead atoms. The standard InChI is InChI=1S/C9H14N4O/c14-9(8-2-1-4-10-8)11-6-7-3-5-12-13-7/h1-2,4,7,10,12-13H,3,5-6H2,(H,11,14). The van der Waals surface area contributed by atoms with E-state index in [4.69, 9.17) is 0 Å². The molecular formula is C9H14N4O. The number of rotatable bonds is 3. The van der Waals surface area contributed by atoms with E-state index in [1.54, 1.807) is 12.3 Å². The van der Waals surface area contributed by atoms with E-state index in [1.807, 2.05) is 6.07 Å². The Morgan fingerprint density at radius 3 is 3.21 bits per heavy atom. The van der Waals surface area contributed by atoms with Crippen LogP contribution in [0, 0.1) is 0 Å². The van der Waals surface area contributed by atoms with Gasteiger partial charge in [0.2, 0.25) is 0 Å². The van der Waals surface area contributed by atoms with Gasteiger partial charge in [0.25, 0.3) is 5.91 Å². The van der Waals surface area contributed by atoms with Crippen LogP contribution in [0.25, 0.3) is 0 Å². The maximum atomic E-state index is 11.5. The summed E-state index contributed by atoms with van der Waals surface area (Å²) in [5, 5.41) is 2.85. The summed E-state index contributed by atoms with van der Waals surface area (Å²) in [6, 6.07) is 3.91. The quantitative estimate of drug-likeness (QED) is 0.530. The predicted molar refractivity (Wildman–Crippen MR) is 52.7 cm³/mol. The highest BCUT2D eigenvalue weighted by Gasteiger charge is 2.14. The monoisotopic (exact) mass is 194 g/mol. The van der Waals surface area contributed by atoms with Crippen LogP contribution in [0.5, 0.6) is 0 Å². The molecule has 1 aliphatic rings. The van der Waals surface area contributed by atoms with Crippen molar-refractivity contribution >= 4 is 5.91 Å². The molecule has 76 valence electrons. The lowest BCUT2D eigenvalue weighted by Gasteiger charge is -2.09. The summed E-state index contributed by atoms with van der Waals surface area (Å²) < 4.78 is 0. The van der Waals surface area contributed by atoms with Crippen molar-refractivity contribution < 1.29 is 4.79 Å². The Bertz CT molecular complexity index is 290. The van der Waals surface area contributed by atoms with Crippen molar-refractivity contribution in [2.45, 2.75) is 12.5 Å². The zero-order valence-corrected chi connectivity index (χ0v) is 7.84. The maximum absolute atomic E-state index is 11.5. The van der Waals surface area contributed by atoms with E-state index in [-0.39, 0.29) is 5.91 Å². The third-order valence-corrected chi connectivity index (χ3v) is 2.28. The largest absolute Gasteiger partial charge is 0.357 e. The number of aromatic nitrogens is 1. The molecule has 4 N–H and O–H groups in total. The lowest BCUT2D eigenvalue weighted by atomic mass is 10.2. The van der Waals surface area contributed by atoms with Gasteiger partial charge in [-0.2, -0.15) is 0 Å². The molecule has 5 nitrogen and oxygen atoms in total. The Morgan fingerprint density at radius 2 is 2.57 bits per heavy atom. The van der Waals surface area contributed by atoms with Gasteiger partial charge in [-0.05, 0) is 18.6 Å². The molecule has 1 unspecified atom stereocenters. The fraction of sp³-hybridized carbons (Fsp3) is 0.444. The number of amides is 1. The number of carbonyl (C=O) groups excluding carboxylic acids is 1. The van der Waals surface area contributed by atoms with Crippen LogP contribution in [0.1, 0.15) is 16.9 Å². The highest BCUT2D eigenvalue weighted by Crippen LogP contribution is 1.96. The second-order valence-corrected chi connectivity index (χ2v) is 3.35. The van der Waals surface area contributed by atoms with Gasteiger partial charge in [-0.15, -0.1) is 0 Å². The minimum atomic E-state index is -0.0521. The Morgan fingerprint density at radius 1 is 1.64 bits per heavy atom. The first kappa shape index (κ1) is 9.23. The van der Waals surface area contributed by atoms with Crippen molar-refractivity contribution in [3.05, 3.63) is 24.0 Å². The van der Waals surface area contributed by atoms with Crippen LogP contribution < -0.4 is 16.2 Å². The number of hydrogen-bond acceptors (Lipinski definition) is 3. The molecule has 1 aromatic heterocycles. The number of aromatic amines is 1. The average molecular weight is 194 g/mol. The molecule has 0 saturated carbocycles. The first-order chi connectivity index (χ1) is 6.86. The molecular weight excluding hydrogens is 180 g/mol. The number of carbonyl (C=O) groups is 1. The topological polar surface area (TPSA) is 69.0 Å². The Labute approximate surface area is 82.2 Å². The third-order valence-electron chi connectivity index (χ3n) is 2.28. The molecule has 14 heavy (non-hydrogen) atoms. The first-order valence-electron chi connectivity index (χ1n) is 4.76. The van der Waals surface area contributed by atoms with Gasteiger partial charge in [0.1, 0.15) is 5.69 Å². The molecule has 1 aromatic rings. The summed E-state index contributed by atoms with van der Waals surface area (Å²) in [6.45, 7) is 1.62. The van der Waals surface area contributed by atoms with E-state index in [0.29, 0.717) is 18.3 Å². The van der Waals surface area contributed by atoms with Crippen LogP contribution in [0.2, 0.25) is 0 Å². The van der Waals surface area contributed by atoms with Gasteiger partial charge in [0, 0.05) is 25.3 Å². The van der Waals surface area contributed by atoms with E-state index in [1.165, 1.54) is 0 Å². The van der Waals surface area contributed by atoms with Gasteiger partial charge in [-0.1, -0.05) is 0 Å². The molecule has 1 saturated heterocycles. The lowest BCUT2D eigenvalue weighted by molar-refractivity contribution is 0.0945. The molecule has 1 atom stereocenters. The molecule has 0 spiro atoms. The fourth-order valence-electron chi connectivity index (χ4n) is 1.47. The second-order valence-electron chi connectivity index (χ2n) is 3.35. The van der Waals surface area contributed by atoms with Crippen molar-refractivity contribution in [1.29, 1.82) is 0 Å². The highest BCUT2D eigenvalue weighted by molar-refractivity contribution is 5.92. The zero-order chi connectivity index (χ0) is 9.80. The number of H-pyrrole nitrogens is 1. The van der Waals surface area contributed by atoms with Gasteiger partial charge in [0.05, 0.1) is 0 Å². The van der Waals surface area contributed by atoms with E-state index >= 15 is 0 Å². The smallest absolute Gasteiger partial charge is 0.267 e. The van der Waals surface area contributed by atoms with E-state index in [9.17, 15) is 4.79 Å². The SMILES string of the molecule is O=C(NCC1CCNN1)c1ccc[nH]1. The van der Waals surface area contributed by atoms with Gasteiger partial charge in [-0.25, -0.2) is 0 Å². The molecule has 1 amide bonds. The first-order valence-corrected chi connectivity index (χ1v) is 4.76. The molecule has 2 heterocycles. The van der Waals surface area contributed by atoms with Gasteiger partial charge < -0.3 is 10.3 Å². The summed E-state index contributed by atoms with van der Waals surface area (Å²) in [7, 11) is 0. The van der Waals surface area contributed by atoms with Crippen LogP contribution >= 0.6 is 0 Å². The summed E-state index contributed by atoms with van der Waals surface area (Å²) >= 11 is 0. The Balaban J connectivity index is 1.78. The predicted octanol–water partition coefficient (Wildman–Crippen LogP) is -0.389. The van der Waals surface area contributed by atoms with Gasteiger partial charge in [0.15, 0.2) is 0 Å². The van der Waals surface area contributed by atoms with Crippen molar-refractivity contribution in [2.24, 2.45) is 0 Å². The van der Waals surface area contributed by atoms with E-state index < -0.39 is 0 Å². The molecule has 1 fully saturated rings. The van der Waals surface area contributed by atoms with Crippen LogP contribution in [-0.4, -0.2) is 30.0 Å². The van der Waals surface area contributed by atoms with Crippen LogP contribution in [0.3, 0.4) is 0 Å². The molecule has 2 rings (SSSR count).